The minimum Gasteiger partial charge on any atom is -0.464 e. The third-order valence-electron chi connectivity index (χ3n) is 6.21. The van der Waals surface area contributed by atoms with E-state index in [1.54, 1.807) is 9.80 Å². The maximum absolute atomic E-state index is 13.6. The number of furan rings is 1. The molecule has 2 heterocycles. The van der Waals surface area contributed by atoms with Crippen LogP contribution in [0.25, 0.3) is 0 Å². The van der Waals surface area contributed by atoms with Crippen LogP contribution in [0, 0.1) is 6.92 Å². The fraction of sp³-hybridized carbons (Fsp3) is 0.357. The van der Waals surface area contributed by atoms with Gasteiger partial charge in [0.1, 0.15) is 18.1 Å². The first-order valence-electron chi connectivity index (χ1n) is 12.4. The fourth-order valence-electron chi connectivity index (χ4n) is 4.13. The molecular weight excluding hydrogens is 536 g/mol. The summed E-state index contributed by atoms with van der Waals surface area (Å²) in [6, 6.07) is 20.7. The fourth-order valence-corrected chi connectivity index (χ4v) is 4.40. The van der Waals surface area contributed by atoms with Gasteiger partial charge in [0, 0.05) is 42.9 Å². The molecule has 0 unspecified atom stereocenters. The van der Waals surface area contributed by atoms with Crippen molar-refractivity contribution >= 4 is 33.6 Å². The van der Waals surface area contributed by atoms with Gasteiger partial charge >= 0.3 is 6.03 Å². The Hall–Kier alpha value is -3.14. The molecule has 0 radical (unpaired) electrons. The first-order valence-corrected chi connectivity index (χ1v) is 13.2. The van der Waals surface area contributed by atoms with Crippen LogP contribution in [0.2, 0.25) is 0 Å². The summed E-state index contributed by atoms with van der Waals surface area (Å²) in [5.74, 6) is 1.36. The van der Waals surface area contributed by atoms with Crippen LogP contribution in [-0.4, -0.2) is 72.6 Å². The molecule has 0 aliphatic carbocycles. The van der Waals surface area contributed by atoms with Crippen molar-refractivity contribution in [2.75, 3.05) is 51.3 Å². The highest BCUT2D eigenvalue weighted by atomic mass is 79.9. The minimum atomic E-state index is -0.308. The van der Waals surface area contributed by atoms with E-state index in [0.29, 0.717) is 50.8 Å². The molecule has 2 aromatic carbocycles. The van der Waals surface area contributed by atoms with Crippen LogP contribution >= 0.6 is 15.9 Å². The van der Waals surface area contributed by atoms with E-state index in [0.717, 1.165) is 28.9 Å². The molecule has 37 heavy (non-hydrogen) atoms. The number of halogens is 1. The molecule has 1 saturated heterocycles. The summed E-state index contributed by atoms with van der Waals surface area (Å²) in [5.41, 5.74) is 1.68. The summed E-state index contributed by atoms with van der Waals surface area (Å²) in [4.78, 5) is 32.5. The monoisotopic (exact) mass is 568 g/mol. The summed E-state index contributed by atoms with van der Waals surface area (Å²) in [5, 5.41) is 2.94. The first-order chi connectivity index (χ1) is 18.0. The van der Waals surface area contributed by atoms with Crippen molar-refractivity contribution in [3.63, 3.8) is 0 Å². The van der Waals surface area contributed by atoms with E-state index in [1.807, 2.05) is 73.7 Å². The van der Waals surface area contributed by atoms with Crippen LogP contribution in [0.15, 0.2) is 75.6 Å². The number of rotatable bonds is 10. The number of ether oxygens (including phenoxy) is 1. The van der Waals surface area contributed by atoms with E-state index >= 15 is 0 Å². The third-order valence-corrected chi connectivity index (χ3v) is 6.74. The largest absolute Gasteiger partial charge is 0.464 e. The molecule has 1 N–H and O–H groups in total. The predicted molar refractivity (Wildman–Crippen MR) is 146 cm³/mol. The van der Waals surface area contributed by atoms with Crippen molar-refractivity contribution in [2.24, 2.45) is 0 Å². The molecular formula is C28H33BrN4O4. The lowest BCUT2D eigenvalue weighted by molar-refractivity contribution is -0.133. The Bertz CT molecular complexity index is 1150. The molecule has 0 atom stereocenters. The quantitative estimate of drug-likeness (QED) is 0.382. The Morgan fingerprint density at radius 2 is 1.68 bits per heavy atom. The van der Waals surface area contributed by atoms with Crippen molar-refractivity contribution in [3.05, 3.63) is 88.3 Å². The average Bonchev–Trinajstić information content (AvgIpc) is 3.33. The summed E-state index contributed by atoms with van der Waals surface area (Å²) in [7, 11) is 0. The van der Waals surface area contributed by atoms with Gasteiger partial charge in [-0.05, 0) is 48.9 Å². The number of aryl methyl sites for hydroxylation is 1. The summed E-state index contributed by atoms with van der Waals surface area (Å²) in [6.07, 6.45) is 0. The lowest BCUT2D eigenvalue weighted by Crippen LogP contribution is -2.48. The van der Waals surface area contributed by atoms with E-state index in [9.17, 15) is 9.59 Å². The van der Waals surface area contributed by atoms with Crippen LogP contribution < -0.4 is 5.32 Å². The second-order valence-electron chi connectivity index (χ2n) is 9.06. The molecule has 1 fully saturated rings. The van der Waals surface area contributed by atoms with Gasteiger partial charge < -0.3 is 24.3 Å². The number of carbonyl (C=O) groups excluding carboxylic acids is 2. The normalized spacial score (nSPS) is 13.8. The molecule has 3 amide bonds. The average molecular weight is 570 g/mol. The summed E-state index contributed by atoms with van der Waals surface area (Å²) in [6.45, 7) is 6.66. The maximum atomic E-state index is 13.6. The number of urea groups is 1. The maximum Gasteiger partial charge on any atom is 0.322 e. The molecule has 1 aliphatic rings. The van der Waals surface area contributed by atoms with E-state index in [1.165, 1.54) is 0 Å². The van der Waals surface area contributed by atoms with Crippen LogP contribution in [0.5, 0.6) is 0 Å². The zero-order chi connectivity index (χ0) is 26.0. The number of morpholine rings is 1. The van der Waals surface area contributed by atoms with Gasteiger partial charge in [-0.15, -0.1) is 0 Å². The smallest absolute Gasteiger partial charge is 0.322 e. The Labute approximate surface area is 226 Å². The van der Waals surface area contributed by atoms with Crippen LogP contribution in [0.1, 0.15) is 17.1 Å². The third kappa shape index (κ3) is 8.45. The lowest BCUT2D eigenvalue weighted by Gasteiger charge is -2.31. The zero-order valence-corrected chi connectivity index (χ0v) is 22.7. The Morgan fingerprint density at radius 3 is 2.35 bits per heavy atom. The standard InChI is InChI=1S/C28H33BrN4O4/c1-22-7-12-26(37-22)20-33(19-23-5-3-2-4-6-23)27(34)21-32(14-13-31-15-17-36-18-16-31)28(35)30-25-10-8-24(29)9-11-25/h2-12H,13-21H2,1H3,(H,30,35). The Balaban J connectivity index is 1.49. The molecule has 9 heteroatoms. The SMILES string of the molecule is Cc1ccc(CN(Cc2ccccc2)C(=O)CN(CCN2CCOCC2)C(=O)Nc2ccc(Br)cc2)o1. The number of carbonyl (C=O) groups is 2. The van der Waals surface area contributed by atoms with E-state index in [2.05, 4.69) is 26.1 Å². The van der Waals surface area contributed by atoms with Crippen LogP contribution in [-0.2, 0) is 22.6 Å². The van der Waals surface area contributed by atoms with Gasteiger partial charge in [-0.3, -0.25) is 9.69 Å². The molecule has 0 saturated carbocycles. The van der Waals surface area contributed by atoms with Gasteiger partial charge in [-0.1, -0.05) is 46.3 Å². The molecule has 0 bridgehead atoms. The molecule has 0 spiro atoms. The Morgan fingerprint density at radius 1 is 0.946 bits per heavy atom. The highest BCUT2D eigenvalue weighted by molar-refractivity contribution is 9.10. The minimum absolute atomic E-state index is 0.0424. The van der Waals surface area contributed by atoms with Crippen molar-refractivity contribution in [3.8, 4) is 0 Å². The molecule has 1 aliphatic heterocycles. The summed E-state index contributed by atoms with van der Waals surface area (Å²) >= 11 is 3.42. The van der Waals surface area contributed by atoms with Crippen molar-refractivity contribution < 1.29 is 18.7 Å². The topological polar surface area (TPSA) is 78.3 Å². The van der Waals surface area contributed by atoms with E-state index in [-0.39, 0.29) is 18.5 Å². The number of nitrogens with zero attached hydrogens (tertiary/aromatic N) is 3. The zero-order valence-electron chi connectivity index (χ0n) is 21.1. The van der Waals surface area contributed by atoms with Gasteiger partial charge in [0.25, 0.3) is 0 Å². The second-order valence-corrected chi connectivity index (χ2v) is 9.98. The van der Waals surface area contributed by atoms with Crippen molar-refractivity contribution in [2.45, 2.75) is 20.0 Å². The highest BCUT2D eigenvalue weighted by Crippen LogP contribution is 2.16. The number of nitrogens with one attached hydrogen (secondary N) is 1. The number of hydrogen-bond donors (Lipinski definition) is 1. The van der Waals surface area contributed by atoms with Crippen molar-refractivity contribution in [1.82, 2.24) is 14.7 Å². The molecule has 1 aromatic heterocycles. The lowest BCUT2D eigenvalue weighted by atomic mass is 10.2. The number of anilines is 1. The van der Waals surface area contributed by atoms with Gasteiger partial charge in [0.15, 0.2) is 0 Å². The molecule has 3 aromatic rings. The highest BCUT2D eigenvalue weighted by Gasteiger charge is 2.24. The number of amides is 3. The van der Waals surface area contributed by atoms with Gasteiger partial charge in [-0.25, -0.2) is 4.79 Å². The van der Waals surface area contributed by atoms with E-state index in [4.69, 9.17) is 9.15 Å². The van der Waals surface area contributed by atoms with Crippen LogP contribution in [0.3, 0.4) is 0 Å². The number of benzene rings is 2. The van der Waals surface area contributed by atoms with Crippen LogP contribution in [0.4, 0.5) is 10.5 Å². The molecule has 196 valence electrons. The Kier molecular flexibility index (Phi) is 9.76. The predicted octanol–water partition coefficient (Wildman–Crippen LogP) is 4.75. The van der Waals surface area contributed by atoms with Crippen molar-refractivity contribution in [1.29, 1.82) is 0 Å². The van der Waals surface area contributed by atoms with E-state index < -0.39 is 0 Å². The van der Waals surface area contributed by atoms with Gasteiger partial charge in [0.05, 0.1) is 19.8 Å². The second kappa shape index (κ2) is 13.4. The number of hydrogen-bond acceptors (Lipinski definition) is 5. The molecule has 4 rings (SSSR count). The molecule has 8 nitrogen and oxygen atoms in total. The van der Waals surface area contributed by atoms with Gasteiger partial charge in [-0.2, -0.15) is 0 Å². The first kappa shape index (κ1) is 26.9. The summed E-state index contributed by atoms with van der Waals surface area (Å²) < 4.78 is 12.1. The van der Waals surface area contributed by atoms with Gasteiger partial charge in [0.2, 0.25) is 5.91 Å².